The molecule has 66 valence electrons. The molecule has 0 bridgehead atoms. The summed E-state index contributed by atoms with van der Waals surface area (Å²) in [5.41, 5.74) is 0. The standard InChI is InChI=1S/C11H10O2/c1-2-4-10-8-11(7-9(10)3-1)12-5-6-13-11/h1-4,7-8H,5-6H2. The minimum Gasteiger partial charge on any atom is -0.341 e. The van der Waals surface area contributed by atoms with Crippen LogP contribution in [0, 0.1) is 0 Å². The topological polar surface area (TPSA) is 18.5 Å². The Morgan fingerprint density at radius 1 is 0.923 bits per heavy atom. The molecule has 0 amide bonds. The summed E-state index contributed by atoms with van der Waals surface area (Å²) in [5, 5.41) is 2.40. The van der Waals surface area contributed by atoms with E-state index in [0.29, 0.717) is 13.2 Å². The average molecular weight is 174 g/mol. The average Bonchev–Trinajstić information content (AvgIpc) is 2.72. The fourth-order valence-corrected chi connectivity index (χ4v) is 1.86. The molecule has 2 heteroatoms. The van der Waals surface area contributed by atoms with Gasteiger partial charge in [0.05, 0.1) is 13.2 Å². The lowest BCUT2D eigenvalue weighted by Gasteiger charge is -2.15. The fourth-order valence-electron chi connectivity index (χ4n) is 1.86. The number of hydrogen-bond acceptors (Lipinski definition) is 2. The molecule has 0 saturated carbocycles. The van der Waals surface area contributed by atoms with E-state index in [1.807, 2.05) is 24.3 Å². The first-order chi connectivity index (χ1) is 6.38. The Balaban J connectivity index is 2.22. The first kappa shape index (κ1) is 7.30. The Morgan fingerprint density at radius 2 is 1.46 bits per heavy atom. The van der Waals surface area contributed by atoms with Crippen molar-refractivity contribution in [2.45, 2.75) is 5.79 Å². The van der Waals surface area contributed by atoms with Gasteiger partial charge in [-0.3, -0.25) is 0 Å². The first-order valence-electron chi connectivity index (χ1n) is 4.47. The van der Waals surface area contributed by atoms with Crippen molar-refractivity contribution in [1.82, 2.24) is 0 Å². The second kappa shape index (κ2) is 2.44. The van der Waals surface area contributed by atoms with Crippen LogP contribution in [0.4, 0.5) is 0 Å². The summed E-state index contributed by atoms with van der Waals surface area (Å²) in [7, 11) is 0. The highest BCUT2D eigenvalue weighted by molar-refractivity contribution is 5.57. The highest BCUT2D eigenvalue weighted by Gasteiger charge is 2.33. The van der Waals surface area contributed by atoms with E-state index in [1.54, 1.807) is 0 Å². The summed E-state index contributed by atoms with van der Waals surface area (Å²) in [6, 6.07) is 8.20. The Labute approximate surface area is 76.1 Å². The predicted octanol–water partition coefficient (Wildman–Crippen LogP) is 0.00430. The van der Waals surface area contributed by atoms with E-state index < -0.39 is 5.79 Å². The molecule has 0 aromatic heterocycles. The molecular formula is C11H10O2. The summed E-state index contributed by atoms with van der Waals surface area (Å²) in [4.78, 5) is 0. The monoisotopic (exact) mass is 174 g/mol. The normalized spacial score (nSPS) is 22.5. The fraction of sp³-hybridized carbons (Fsp3) is 0.273. The van der Waals surface area contributed by atoms with Gasteiger partial charge in [-0.15, -0.1) is 0 Å². The third-order valence-corrected chi connectivity index (χ3v) is 2.45. The van der Waals surface area contributed by atoms with Gasteiger partial charge in [-0.2, -0.15) is 0 Å². The minimum atomic E-state index is -0.552. The van der Waals surface area contributed by atoms with E-state index in [9.17, 15) is 0 Å². The highest BCUT2D eigenvalue weighted by Crippen LogP contribution is 2.24. The SMILES string of the molecule is C1=c2ccccc2=CC12OCCO2. The van der Waals surface area contributed by atoms with Crippen LogP contribution in [0.15, 0.2) is 24.3 Å². The van der Waals surface area contributed by atoms with Crippen LogP contribution in [0.1, 0.15) is 0 Å². The summed E-state index contributed by atoms with van der Waals surface area (Å²) in [6.45, 7) is 1.36. The smallest absolute Gasteiger partial charge is 0.209 e. The van der Waals surface area contributed by atoms with Crippen molar-refractivity contribution in [2.75, 3.05) is 13.2 Å². The van der Waals surface area contributed by atoms with Crippen molar-refractivity contribution in [2.24, 2.45) is 0 Å². The molecule has 1 spiro atoms. The largest absolute Gasteiger partial charge is 0.341 e. The van der Waals surface area contributed by atoms with Crippen molar-refractivity contribution in [3.63, 3.8) is 0 Å². The molecule has 1 aliphatic heterocycles. The van der Waals surface area contributed by atoms with Crippen LogP contribution in [0.25, 0.3) is 12.2 Å². The molecular weight excluding hydrogens is 164 g/mol. The molecule has 0 unspecified atom stereocenters. The second-order valence-electron chi connectivity index (χ2n) is 3.34. The zero-order chi connectivity index (χ0) is 8.73. The van der Waals surface area contributed by atoms with E-state index in [2.05, 4.69) is 12.1 Å². The number of fused-ring (bicyclic) bond motifs is 1. The molecule has 1 fully saturated rings. The lowest BCUT2D eigenvalue weighted by Crippen LogP contribution is -2.21. The van der Waals surface area contributed by atoms with E-state index in [1.165, 1.54) is 10.4 Å². The zero-order valence-electron chi connectivity index (χ0n) is 7.19. The molecule has 2 aliphatic rings. The molecule has 0 atom stereocenters. The quantitative estimate of drug-likeness (QED) is 0.551. The van der Waals surface area contributed by atoms with Gasteiger partial charge in [0.2, 0.25) is 5.79 Å². The molecule has 0 radical (unpaired) electrons. The lowest BCUT2D eigenvalue weighted by molar-refractivity contribution is -0.0454. The number of benzene rings is 1. The summed E-state index contributed by atoms with van der Waals surface area (Å²) < 4.78 is 11.1. The number of hydrogen-bond donors (Lipinski definition) is 0. The van der Waals surface area contributed by atoms with Crippen molar-refractivity contribution in [3.8, 4) is 0 Å². The van der Waals surface area contributed by atoms with Crippen LogP contribution in [0.5, 0.6) is 0 Å². The van der Waals surface area contributed by atoms with Crippen LogP contribution >= 0.6 is 0 Å². The molecule has 1 aromatic carbocycles. The van der Waals surface area contributed by atoms with Crippen molar-refractivity contribution < 1.29 is 9.47 Å². The number of rotatable bonds is 0. The van der Waals surface area contributed by atoms with Gasteiger partial charge in [0.15, 0.2) is 0 Å². The van der Waals surface area contributed by atoms with Crippen molar-refractivity contribution >= 4 is 12.2 Å². The van der Waals surface area contributed by atoms with E-state index >= 15 is 0 Å². The van der Waals surface area contributed by atoms with Gasteiger partial charge in [-0.1, -0.05) is 24.3 Å². The van der Waals surface area contributed by atoms with Crippen LogP contribution in [-0.2, 0) is 9.47 Å². The molecule has 3 rings (SSSR count). The van der Waals surface area contributed by atoms with Gasteiger partial charge < -0.3 is 9.47 Å². The van der Waals surface area contributed by atoms with E-state index in [4.69, 9.17) is 9.47 Å². The van der Waals surface area contributed by atoms with E-state index in [0.717, 1.165) is 0 Å². The Hall–Kier alpha value is -1.12. The van der Waals surface area contributed by atoms with Crippen LogP contribution in [0.2, 0.25) is 0 Å². The Morgan fingerprint density at radius 3 is 2.00 bits per heavy atom. The van der Waals surface area contributed by atoms with Gasteiger partial charge in [-0.05, 0) is 22.6 Å². The van der Waals surface area contributed by atoms with Crippen molar-refractivity contribution in [3.05, 3.63) is 34.7 Å². The van der Waals surface area contributed by atoms with Gasteiger partial charge in [-0.25, -0.2) is 0 Å². The molecule has 0 N–H and O–H groups in total. The van der Waals surface area contributed by atoms with Crippen LogP contribution in [-0.4, -0.2) is 19.0 Å². The van der Waals surface area contributed by atoms with Crippen LogP contribution in [0.3, 0.4) is 0 Å². The molecule has 1 aromatic rings. The summed E-state index contributed by atoms with van der Waals surface area (Å²) >= 11 is 0. The molecule has 13 heavy (non-hydrogen) atoms. The summed E-state index contributed by atoms with van der Waals surface area (Å²) in [6.07, 6.45) is 4.07. The van der Waals surface area contributed by atoms with E-state index in [-0.39, 0.29) is 0 Å². The Kier molecular flexibility index (Phi) is 1.37. The minimum absolute atomic E-state index is 0.552. The maximum absolute atomic E-state index is 5.55. The van der Waals surface area contributed by atoms with Gasteiger partial charge >= 0.3 is 0 Å². The third kappa shape index (κ3) is 1.03. The highest BCUT2D eigenvalue weighted by atomic mass is 16.7. The van der Waals surface area contributed by atoms with Crippen LogP contribution < -0.4 is 10.4 Å². The molecule has 1 heterocycles. The predicted molar refractivity (Wildman–Crippen MR) is 49.3 cm³/mol. The summed E-state index contributed by atoms with van der Waals surface area (Å²) in [5.74, 6) is -0.552. The Bertz CT molecular complexity index is 404. The van der Waals surface area contributed by atoms with Gasteiger partial charge in [0, 0.05) is 0 Å². The second-order valence-corrected chi connectivity index (χ2v) is 3.34. The van der Waals surface area contributed by atoms with Gasteiger partial charge in [0.1, 0.15) is 0 Å². The maximum Gasteiger partial charge on any atom is 0.209 e. The van der Waals surface area contributed by atoms with Gasteiger partial charge in [0.25, 0.3) is 0 Å². The first-order valence-corrected chi connectivity index (χ1v) is 4.47. The lowest BCUT2D eigenvalue weighted by atomic mass is 10.3. The molecule has 1 aliphatic carbocycles. The van der Waals surface area contributed by atoms with Crippen molar-refractivity contribution in [1.29, 1.82) is 0 Å². The molecule has 1 saturated heterocycles. The number of ether oxygens (including phenoxy) is 2. The zero-order valence-corrected chi connectivity index (χ0v) is 7.19. The molecule has 2 nitrogen and oxygen atoms in total. The third-order valence-electron chi connectivity index (χ3n) is 2.45. The maximum atomic E-state index is 5.55.